The van der Waals surface area contributed by atoms with Gasteiger partial charge in [0.1, 0.15) is 0 Å². The molecule has 1 aromatic heterocycles. The zero-order valence-corrected chi connectivity index (χ0v) is 16.5. The normalized spacial score (nSPS) is 23.4. The van der Waals surface area contributed by atoms with E-state index in [9.17, 15) is 4.79 Å². The molecule has 0 aromatic carbocycles. The van der Waals surface area contributed by atoms with Crippen molar-refractivity contribution in [2.45, 2.75) is 95.1 Å². The zero-order chi connectivity index (χ0) is 16.5. The summed E-state index contributed by atoms with van der Waals surface area (Å²) in [5.41, 5.74) is 0.577. The highest BCUT2D eigenvalue weighted by Gasteiger charge is 2.38. The van der Waals surface area contributed by atoms with Crippen molar-refractivity contribution in [3.63, 3.8) is 0 Å². The highest BCUT2D eigenvalue weighted by molar-refractivity contribution is 14.1. The van der Waals surface area contributed by atoms with E-state index in [0.717, 1.165) is 35.0 Å². The number of halogens is 1. The maximum atomic E-state index is 13.4. The Bertz CT molecular complexity index is 566. The van der Waals surface area contributed by atoms with Crippen LogP contribution in [-0.2, 0) is 0 Å². The predicted molar refractivity (Wildman–Crippen MR) is 101 cm³/mol. The monoisotopic (exact) mass is 442 g/mol. The summed E-state index contributed by atoms with van der Waals surface area (Å²) in [5.74, 6) is 1.59. The Labute approximate surface area is 157 Å². The van der Waals surface area contributed by atoms with Gasteiger partial charge in [-0.1, -0.05) is 43.7 Å². The maximum absolute atomic E-state index is 13.4. The fourth-order valence-electron chi connectivity index (χ4n) is 4.49. The largest absolute Gasteiger partial charge is 0.359 e. The lowest BCUT2D eigenvalue weighted by Gasteiger charge is -2.41. The average Bonchev–Trinajstić information content (AvgIpc) is 3.39. The van der Waals surface area contributed by atoms with Gasteiger partial charge in [0.15, 0.2) is 11.5 Å². The standard InChI is InChI=1S/C19H27IN2O2/c20-16-17(21-24-18(16)13-11-12-13)19(23)22(14-7-3-1-4-8-14)15-9-5-2-6-10-15/h13-15H,1-12H2. The third-order valence-electron chi connectivity index (χ3n) is 5.98. The lowest BCUT2D eigenvalue weighted by Crippen LogP contribution is -2.49. The fraction of sp³-hybridized carbons (Fsp3) is 0.789. The predicted octanol–water partition coefficient (Wildman–Crippen LogP) is 5.26. The number of hydrogen-bond donors (Lipinski definition) is 0. The lowest BCUT2D eigenvalue weighted by atomic mass is 9.88. The fourth-order valence-corrected chi connectivity index (χ4v) is 5.36. The third-order valence-corrected chi connectivity index (χ3v) is 7.02. The van der Waals surface area contributed by atoms with Crippen LogP contribution in [0.15, 0.2) is 4.52 Å². The molecule has 3 fully saturated rings. The molecule has 1 amide bonds. The number of carbonyl (C=O) groups is 1. The summed E-state index contributed by atoms with van der Waals surface area (Å²) in [6.07, 6.45) is 14.6. The van der Waals surface area contributed by atoms with Gasteiger partial charge in [0, 0.05) is 18.0 Å². The summed E-state index contributed by atoms with van der Waals surface area (Å²) in [4.78, 5) is 15.7. The van der Waals surface area contributed by atoms with Crippen LogP contribution in [0.5, 0.6) is 0 Å². The molecule has 4 rings (SSSR count). The summed E-state index contributed by atoms with van der Waals surface area (Å²) < 4.78 is 6.53. The number of carbonyl (C=O) groups excluding carboxylic acids is 1. The molecule has 0 saturated heterocycles. The van der Waals surface area contributed by atoms with E-state index in [-0.39, 0.29) is 5.91 Å². The van der Waals surface area contributed by atoms with Gasteiger partial charge < -0.3 is 9.42 Å². The molecule has 1 heterocycles. The van der Waals surface area contributed by atoms with Gasteiger partial charge in [-0.05, 0) is 61.1 Å². The molecule has 132 valence electrons. The highest BCUT2D eigenvalue weighted by atomic mass is 127. The van der Waals surface area contributed by atoms with Crippen LogP contribution in [0.3, 0.4) is 0 Å². The van der Waals surface area contributed by atoms with Gasteiger partial charge >= 0.3 is 0 Å². The Hall–Kier alpha value is -0.590. The molecular weight excluding hydrogens is 415 g/mol. The van der Waals surface area contributed by atoms with E-state index in [1.165, 1.54) is 51.4 Å². The van der Waals surface area contributed by atoms with Crippen molar-refractivity contribution in [1.82, 2.24) is 10.1 Å². The van der Waals surface area contributed by atoms with Gasteiger partial charge in [0.2, 0.25) is 0 Å². The van der Waals surface area contributed by atoms with Gasteiger partial charge in [0.25, 0.3) is 5.91 Å². The minimum absolute atomic E-state index is 0.133. The van der Waals surface area contributed by atoms with Crippen molar-refractivity contribution in [3.05, 3.63) is 15.0 Å². The SMILES string of the molecule is O=C(c1noc(C2CC2)c1I)N(C1CCCCC1)C1CCCCC1. The molecule has 0 unspecified atom stereocenters. The summed E-state index contributed by atoms with van der Waals surface area (Å²) in [7, 11) is 0. The first-order valence-corrected chi connectivity index (χ1v) is 10.8. The van der Waals surface area contributed by atoms with Gasteiger partial charge in [-0.25, -0.2) is 0 Å². The molecule has 0 atom stereocenters. The second-order valence-electron chi connectivity index (χ2n) is 7.78. The van der Waals surface area contributed by atoms with Crippen molar-refractivity contribution in [1.29, 1.82) is 0 Å². The smallest absolute Gasteiger partial charge is 0.277 e. The van der Waals surface area contributed by atoms with Crippen LogP contribution in [0.1, 0.15) is 99.2 Å². The van der Waals surface area contributed by atoms with Crippen LogP contribution < -0.4 is 0 Å². The van der Waals surface area contributed by atoms with E-state index < -0.39 is 0 Å². The summed E-state index contributed by atoms with van der Waals surface area (Å²) in [6, 6.07) is 0.817. The number of amides is 1. The van der Waals surface area contributed by atoms with E-state index in [4.69, 9.17) is 4.52 Å². The minimum atomic E-state index is 0.133. The molecule has 1 aromatic rings. The second-order valence-corrected chi connectivity index (χ2v) is 8.86. The first kappa shape index (κ1) is 16.9. The van der Waals surface area contributed by atoms with Gasteiger partial charge in [-0.2, -0.15) is 0 Å². The Balaban J connectivity index is 1.60. The zero-order valence-electron chi connectivity index (χ0n) is 14.3. The molecule has 0 radical (unpaired) electrons. The van der Waals surface area contributed by atoms with Crippen LogP contribution in [0.25, 0.3) is 0 Å². The summed E-state index contributed by atoms with van der Waals surface area (Å²) in [5, 5.41) is 4.21. The number of rotatable bonds is 4. The van der Waals surface area contributed by atoms with Crippen LogP contribution in [0, 0.1) is 3.57 Å². The first-order valence-electron chi connectivity index (χ1n) is 9.73. The molecule has 4 nitrogen and oxygen atoms in total. The molecule has 0 aliphatic heterocycles. The van der Waals surface area contributed by atoms with Crippen molar-refractivity contribution >= 4 is 28.5 Å². The van der Waals surface area contributed by atoms with E-state index in [0.29, 0.717) is 23.7 Å². The van der Waals surface area contributed by atoms with Crippen LogP contribution in [0.4, 0.5) is 0 Å². The topological polar surface area (TPSA) is 46.3 Å². The number of aromatic nitrogens is 1. The minimum Gasteiger partial charge on any atom is -0.359 e. The second kappa shape index (κ2) is 7.34. The average molecular weight is 442 g/mol. The Kier molecular flexibility index (Phi) is 5.16. The third kappa shape index (κ3) is 3.37. The summed E-state index contributed by atoms with van der Waals surface area (Å²) in [6.45, 7) is 0. The van der Waals surface area contributed by atoms with Crippen molar-refractivity contribution in [2.75, 3.05) is 0 Å². The van der Waals surface area contributed by atoms with Gasteiger partial charge in [0.05, 0.1) is 3.57 Å². The molecule has 24 heavy (non-hydrogen) atoms. The lowest BCUT2D eigenvalue weighted by molar-refractivity contribution is 0.0437. The Morgan fingerprint density at radius 1 is 0.917 bits per heavy atom. The van der Waals surface area contributed by atoms with E-state index >= 15 is 0 Å². The van der Waals surface area contributed by atoms with Crippen molar-refractivity contribution in [3.8, 4) is 0 Å². The molecule has 3 aliphatic carbocycles. The van der Waals surface area contributed by atoms with E-state index in [2.05, 4.69) is 32.6 Å². The molecule has 0 bridgehead atoms. The van der Waals surface area contributed by atoms with Crippen molar-refractivity contribution < 1.29 is 9.32 Å². The van der Waals surface area contributed by atoms with Crippen LogP contribution in [0.2, 0.25) is 0 Å². The molecular formula is C19H27IN2O2. The highest BCUT2D eigenvalue weighted by Crippen LogP contribution is 2.43. The van der Waals surface area contributed by atoms with Crippen LogP contribution in [-0.4, -0.2) is 28.0 Å². The Morgan fingerprint density at radius 3 is 1.96 bits per heavy atom. The van der Waals surface area contributed by atoms with Gasteiger partial charge in [-0.3, -0.25) is 4.79 Å². The number of hydrogen-bond acceptors (Lipinski definition) is 3. The van der Waals surface area contributed by atoms with E-state index in [1.807, 2.05) is 0 Å². The Morgan fingerprint density at radius 2 is 1.46 bits per heavy atom. The molecule has 3 aliphatic rings. The van der Waals surface area contributed by atoms with Gasteiger partial charge in [-0.15, -0.1) is 0 Å². The summed E-state index contributed by atoms with van der Waals surface area (Å²) >= 11 is 2.28. The van der Waals surface area contributed by atoms with Crippen LogP contribution >= 0.6 is 22.6 Å². The first-order chi connectivity index (χ1) is 11.8. The molecule has 0 spiro atoms. The van der Waals surface area contributed by atoms with E-state index in [1.54, 1.807) is 0 Å². The van der Waals surface area contributed by atoms with Crippen molar-refractivity contribution in [2.24, 2.45) is 0 Å². The molecule has 0 N–H and O–H groups in total. The molecule has 3 saturated carbocycles. The molecule has 5 heteroatoms. The number of nitrogens with zero attached hydrogens (tertiary/aromatic N) is 2. The maximum Gasteiger partial charge on any atom is 0.277 e. The quantitative estimate of drug-likeness (QED) is 0.598.